The molecule has 15 heavy (non-hydrogen) atoms. The lowest BCUT2D eigenvalue weighted by Gasteiger charge is -2.06. The van der Waals surface area contributed by atoms with E-state index in [0.29, 0.717) is 0 Å². The van der Waals surface area contributed by atoms with Gasteiger partial charge in [0, 0.05) is 10.7 Å². The largest absolute Gasteiger partial charge is 0.266 e. The van der Waals surface area contributed by atoms with E-state index in [1.165, 1.54) is 0 Å². The second-order valence-electron chi connectivity index (χ2n) is 2.40. The van der Waals surface area contributed by atoms with Crippen molar-refractivity contribution in [3.05, 3.63) is 19.9 Å². The summed E-state index contributed by atoms with van der Waals surface area (Å²) in [6.45, 7) is 0. The Morgan fingerprint density at radius 2 is 2.07 bits per heavy atom. The number of nitrogens with zero attached hydrogens (tertiary/aromatic N) is 1. The molecule has 0 bridgehead atoms. The van der Waals surface area contributed by atoms with E-state index in [0.717, 1.165) is 6.07 Å². The lowest BCUT2D eigenvalue weighted by atomic mass is 10.3. The molecule has 0 saturated carbocycles. The Labute approximate surface area is 111 Å². The average molecular weight is 432 g/mol. The predicted octanol–water partition coefficient (Wildman–Crippen LogP) is 3.31. The fourth-order valence-corrected chi connectivity index (χ4v) is 4.11. The van der Waals surface area contributed by atoms with Crippen LogP contribution >= 0.6 is 49.2 Å². The number of hydrogen-bond acceptors (Lipinski definition) is 3. The molecule has 0 amide bonds. The van der Waals surface area contributed by atoms with Crippen molar-refractivity contribution in [2.24, 2.45) is 0 Å². The highest BCUT2D eigenvalue weighted by Gasteiger charge is 2.22. The van der Waals surface area contributed by atoms with Gasteiger partial charge in [0.05, 0.1) is 5.56 Å². The summed E-state index contributed by atoms with van der Waals surface area (Å²) in [7, 11) is 1.00. The van der Waals surface area contributed by atoms with Crippen molar-refractivity contribution in [3.63, 3.8) is 0 Å². The Hall–Kier alpha value is 0.460. The third kappa shape index (κ3) is 3.21. The Morgan fingerprint density at radius 1 is 1.53 bits per heavy atom. The Kier molecular flexibility index (Phi) is 4.29. The molecule has 0 N–H and O–H groups in total. The number of pyridine rings is 1. The Bertz CT molecular complexity index is 496. The van der Waals surface area contributed by atoms with E-state index in [-0.39, 0.29) is 8.30 Å². The van der Waals surface area contributed by atoms with Gasteiger partial charge in [-0.1, -0.05) is 0 Å². The first-order valence-electron chi connectivity index (χ1n) is 3.32. The Balaban J connectivity index is 3.50. The summed E-state index contributed by atoms with van der Waals surface area (Å²) in [6, 6.07) is 0.811. The molecule has 1 aromatic rings. The average Bonchev–Trinajstić information content (AvgIpc) is 2.00. The van der Waals surface area contributed by atoms with E-state index in [2.05, 4.69) is 20.9 Å². The zero-order chi connectivity index (χ0) is 11.8. The van der Waals surface area contributed by atoms with Gasteiger partial charge in [0.15, 0.2) is 0 Å². The van der Waals surface area contributed by atoms with Gasteiger partial charge in [-0.3, -0.25) is 0 Å². The van der Waals surface area contributed by atoms with E-state index < -0.39 is 25.9 Å². The highest BCUT2D eigenvalue weighted by Crippen LogP contribution is 2.31. The van der Waals surface area contributed by atoms with Crippen LogP contribution in [0, 0.1) is 3.70 Å². The standard InChI is InChI=1S/C6H2BrClF2INO2S/c7-4-2(5(9)10)1-3(6(11)12-4)15(8,13)14/h1,5H. The summed E-state index contributed by atoms with van der Waals surface area (Å²) in [5, 5.41) is 0. The van der Waals surface area contributed by atoms with Crippen LogP contribution in [0.2, 0.25) is 0 Å². The maximum Gasteiger partial charge on any atom is 0.266 e. The van der Waals surface area contributed by atoms with Crippen LogP contribution in [0.5, 0.6) is 0 Å². The van der Waals surface area contributed by atoms with Crippen molar-refractivity contribution in [1.82, 2.24) is 4.98 Å². The highest BCUT2D eigenvalue weighted by atomic mass is 127. The van der Waals surface area contributed by atoms with Gasteiger partial charge in [-0.25, -0.2) is 22.2 Å². The zero-order valence-electron chi connectivity index (χ0n) is 6.72. The molecular weight excluding hydrogens is 430 g/mol. The van der Waals surface area contributed by atoms with Crippen LogP contribution in [0.4, 0.5) is 8.78 Å². The fourth-order valence-electron chi connectivity index (χ4n) is 0.790. The minimum atomic E-state index is -4.06. The lowest BCUT2D eigenvalue weighted by molar-refractivity contribution is 0.149. The topological polar surface area (TPSA) is 47.0 Å². The van der Waals surface area contributed by atoms with E-state index in [1.807, 2.05) is 0 Å². The van der Waals surface area contributed by atoms with Gasteiger partial charge < -0.3 is 0 Å². The molecule has 0 radical (unpaired) electrons. The van der Waals surface area contributed by atoms with Crippen LogP contribution in [0.1, 0.15) is 12.0 Å². The van der Waals surface area contributed by atoms with E-state index in [9.17, 15) is 17.2 Å². The molecule has 0 aliphatic carbocycles. The van der Waals surface area contributed by atoms with Gasteiger partial charge in [-0.2, -0.15) is 0 Å². The first kappa shape index (κ1) is 13.5. The third-order valence-electron chi connectivity index (χ3n) is 1.42. The van der Waals surface area contributed by atoms with Gasteiger partial charge in [-0.15, -0.1) is 0 Å². The summed E-state index contributed by atoms with van der Waals surface area (Å²) in [5.41, 5.74) is -0.505. The molecule has 3 nitrogen and oxygen atoms in total. The molecule has 1 aromatic heterocycles. The molecule has 0 spiro atoms. The molecule has 0 aliphatic heterocycles. The van der Waals surface area contributed by atoms with Crippen molar-refractivity contribution >= 4 is 58.3 Å². The molecule has 0 unspecified atom stereocenters. The summed E-state index contributed by atoms with van der Waals surface area (Å²) in [4.78, 5) is 3.21. The highest BCUT2D eigenvalue weighted by molar-refractivity contribution is 14.1. The van der Waals surface area contributed by atoms with Gasteiger partial charge in [0.25, 0.3) is 15.5 Å². The summed E-state index contributed by atoms with van der Waals surface area (Å²) in [6.07, 6.45) is -2.82. The molecular formula is C6H2BrClF2INO2S. The van der Waals surface area contributed by atoms with Crippen molar-refractivity contribution in [1.29, 1.82) is 0 Å². The van der Waals surface area contributed by atoms with E-state index in [1.54, 1.807) is 22.6 Å². The number of hydrogen-bond donors (Lipinski definition) is 0. The molecule has 1 heterocycles. The number of rotatable bonds is 2. The molecule has 0 saturated heterocycles. The van der Waals surface area contributed by atoms with Crippen molar-refractivity contribution in [2.75, 3.05) is 0 Å². The van der Waals surface area contributed by atoms with Crippen LogP contribution in [0.25, 0.3) is 0 Å². The smallest absolute Gasteiger partial charge is 0.233 e. The van der Waals surface area contributed by atoms with Gasteiger partial charge in [-0.05, 0) is 44.6 Å². The summed E-state index contributed by atoms with van der Waals surface area (Å²) in [5.74, 6) is 0. The quantitative estimate of drug-likeness (QED) is 0.409. The third-order valence-corrected chi connectivity index (χ3v) is 4.58. The van der Waals surface area contributed by atoms with Crippen molar-refractivity contribution < 1.29 is 17.2 Å². The molecule has 0 aromatic carbocycles. The fraction of sp³-hybridized carbons (Fsp3) is 0.167. The first-order chi connectivity index (χ1) is 6.73. The molecule has 84 valence electrons. The normalized spacial score (nSPS) is 12.1. The maximum absolute atomic E-state index is 12.4. The zero-order valence-corrected chi connectivity index (χ0v) is 12.0. The second kappa shape index (κ2) is 4.76. The predicted molar refractivity (Wildman–Crippen MR) is 62.6 cm³/mol. The SMILES string of the molecule is O=S(=O)(Cl)c1cc(C(F)F)c(Br)nc1I. The van der Waals surface area contributed by atoms with Crippen LogP contribution in [0.15, 0.2) is 15.6 Å². The monoisotopic (exact) mass is 431 g/mol. The van der Waals surface area contributed by atoms with Crippen LogP contribution in [-0.4, -0.2) is 13.4 Å². The van der Waals surface area contributed by atoms with Gasteiger partial charge >= 0.3 is 0 Å². The molecule has 9 heteroatoms. The minimum absolute atomic E-state index is 0.0406. The maximum atomic E-state index is 12.4. The number of alkyl halides is 2. The number of aromatic nitrogens is 1. The molecule has 0 aliphatic rings. The Morgan fingerprint density at radius 3 is 2.47 bits per heavy atom. The van der Waals surface area contributed by atoms with Crippen molar-refractivity contribution in [3.8, 4) is 0 Å². The van der Waals surface area contributed by atoms with Gasteiger partial charge in [0.1, 0.15) is 13.2 Å². The second-order valence-corrected chi connectivity index (χ2v) is 6.70. The van der Waals surface area contributed by atoms with Gasteiger partial charge in [0.2, 0.25) is 0 Å². The molecule has 1 rings (SSSR count). The number of halogens is 5. The lowest BCUT2D eigenvalue weighted by Crippen LogP contribution is -2.01. The van der Waals surface area contributed by atoms with Crippen molar-refractivity contribution in [2.45, 2.75) is 11.3 Å². The summed E-state index contributed by atoms with van der Waals surface area (Å²) < 4.78 is 46.8. The minimum Gasteiger partial charge on any atom is -0.233 e. The molecule has 0 fully saturated rings. The van der Waals surface area contributed by atoms with E-state index in [4.69, 9.17) is 10.7 Å². The first-order valence-corrected chi connectivity index (χ1v) is 7.50. The molecule has 0 atom stereocenters. The van der Waals surface area contributed by atoms with Crippen LogP contribution in [-0.2, 0) is 9.05 Å². The van der Waals surface area contributed by atoms with E-state index >= 15 is 0 Å². The summed E-state index contributed by atoms with van der Waals surface area (Å²) >= 11 is 4.42. The van der Waals surface area contributed by atoms with Crippen LogP contribution in [0.3, 0.4) is 0 Å². The van der Waals surface area contributed by atoms with Crippen LogP contribution < -0.4 is 0 Å².